The zero-order chi connectivity index (χ0) is 23.5. The predicted molar refractivity (Wildman–Crippen MR) is 119 cm³/mol. The molecule has 1 aromatic rings. The van der Waals surface area contributed by atoms with Gasteiger partial charge in [0.2, 0.25) is 0 Å². The van der Waals surface area contributed by atoms with E-state index in [1.165, 1.54) is 0 Å². The lowest BCUT2D eigenvalue weighted by Gasteiger charge is -2.66. The quantitative estimate of drug-likeness (QED) is 0.380. The van der Waals surface area contributed by atoms with Gasteiger partial charge < -0.3 is 25.2 Å². The number of esters is 1. The summed E-state index contributed by atoms with van der Waals surface area (Å²) < 4.78 is 5.99. The Morgan fingerprint density at radius 2 is 1.82 bits per heavy atom. The summed E-state index contributed by atoms with van der Waals surface area (Å²) >= 11 is 0. The summed E-state index contributed by atoms with van der Waals surface area (Å²) in [5, 5.41) is 46.9. The summed E-state index contributed by atoms with van der Waals surface area (Å²) in [6, 6.07) is 8.64. The lowest BCUT2D eigenvalue weighted by molar-refractivity contribution is -0.257. The standard InChI is InChI=1S/C27H31NO6/c1-11-8-26-9-13-19-25(2)10-14(34-23(32)12-6-4-3-5-7-12)22(31)27(19)20(26)18(30)15(11)17(29)16(26)21(27)28(13)24(25)33/h3-7,13-22,24,29-31,33H,1,8-10H2,2H3. The average molecular weight is 466 g/mol. The van der Waals surface area contributed by atoms with Crippen LogP contribution in [0.1, 0.15) is 36.5 Å². The second-order valence-electron chi connectivity index (χ2n) is 12.6. The van der Waals surface area contributed by atoms with E-state index in [0.29, 0.717) is 12.0 Å². The van der Waals surface area contributed by atoms with Crippen LogP contribution in [-0.2, 0) is 4.74 Å². The molecule has 3 aliphatic heterocycles. The molecule has 6 saturated carbocycles. The summed E-state index contributed by atoms with van der Waals surface area (Å²) in [4.78, 5) is 15.2. The second kappa shape index (κ2) is 5.79. The van der Waals surface area contributed by atoms with Crippen LogP contribution in [-0.4, -0.2) is 74.0 Å². The molecule has 6 aliphatic carbocycles. The van der Waals surface area contributed by atoms with Crippen molar-refractivity contribution in [2.75, 3.05) is 0 Å². The van der Waals surface area contributed by atoms with Gasteiger partial charge in [-0.3, -0.25) is 4.90 Å². The van der Waals surface area contributed by atoms with Crippen LogP contribution in [0.25, 0.3) is 0 Å². The van der Waals surface area contributed by atoms with Gasteiger partial charge in [0.1, 0.15) is 12.3 Å². The van der Waals surface area contributed by atoms with E-state index >= 15 is 0 Å². The molecule has 7 nitrogen and oxygen atoms in total. The lowest BCUT2D eigenvalue weighted by atomic mass is 9.39. The highest BCUT2D eigenvalue weighted by Crippen LogP contribution is 2.87. The number of carbonyl (C=O) groups excluding carboxylic acids is 1. The third kappa shape index (κ3) is 1.76. The van der Waals surface area contributed by atoms with Crippen molar-refractivity contribution in [3.05, 3.63) is 48.0 Å². The van der Waals surface area contributed by atoms with Crippen molar-refractivity contribution in [1.82, 2.24) is 4.90 Å². The molecule has 0 aromatic heterocycles. The third-order valence-corrected chi connectivity index (χ3v) is 11.7. The summed E-state index contributed by atoms with van der Waals surface area (Å²) in [6.45, 7) is 6.29. The first-order valence-electron chi connectivity index (χ1n) is 12.6. The number of carbonyl (C=O) groups is 1. The van der Waals surface area contributed by atoms with E-state index in [2.05, 4.69) is 18.4 Å². The van der Waals surface area contributed by atoms with E-state index in [1.54, 1.807) is 24.3 Å². The van der Waals surface area contributed by atoms with E-state index in [0.717, 1.165) is 18.4 Å². The Balaban J connectivity index is 1.29. The van der Waals surface area contributed by atoms with Crippen LogP contribution in [0.5, 0.6) is 0 Å². The van der Waals surface area contributed by atoms with Crippen molar-refractivity contribution >= 4 is 5.97 Å². The molecule has 34 heavy (non-hydrogen) atoms. The van der Waals surface area contributed by atoms with Gasteiger partial charge in [0.15, 0.2) is 0 Å². The van der Waals surface area contributed by atoms with E-state index in [-0.39, 0.29) is 35.3 Å². The molecule has 3 saturated heterocycles. The van der Waals surface area contributed by atoms with Crippen LogP contribution < -0.4 is 0 Å². The Labute approximate surface area is 198 Å². The maximum Gasteiger partial charge on any atom is 0.338 e. The molecule has 15 atom stereocenters. The molecule has 3 heterocycles. The first kappa shape index (κ1) is 20.4. The zero-order valence-electron chi connectivity index (χ0n) is 19.1. The monoisotopic (exact) mass is 465 g/mol. The maximum atomic E-state index is 13.0. The Morgan fingerprint density at radius 1 is 1.09 bits per heavy atom. The molecule has 2 spiro atoms. The Hall–Kier alpha value is -1.77. The number of hydrogen-bond donors (Lipinski definition) is 4. The number of aliphatic hydroxyl groups is 4. The van der Waals surface area contributed by atoms with E-state index in [9.17, 15) is 25.2 Å². The second-order valence-corrected chi connectivity index (χ2v) is 12.6. The molecule has 180 valence electrons. The van der Waals surface area contributed by atoms with Crippen LogP contribution >= 0.6 is 0 Å². The topological polar surface area (TPSA) is 110 Å². The average Bonchev–Trinajstić information content (AvgIpc) is 3.20. The van der Waals surface area contributed by atoms with Gasteiger partial charge in [0.25, 0.3) is 0 Å². The minimum absolute atomic E-state index is 0.0169. The zero-order valence-corrected chi connectivity index (χ0v) is 19.1. The first-order chi connectivity index (χ1) is 16.2. The molecule has 15 unspecified atom stereocenters. The van der Waals surface area contributed by atoms with Crippen molar-refractivity contribution in [2.45, 2.75) is 68.9 Å². The van der Waals surface area contributed by atoms with Crippen molar-refractivity contribution in [3.8, 4) is 0 Å². The van der Waals surface area contributed by atoms with E-state index in [1.807, 2.05) is 6.07 Å². The number of nitrogens with zero attached hydrogens (tertiary/aromatic N) is 1. The third-order valence-electron chi connectivity index (χ3n) is 11.7. The Kier molecular flexibility index (Phi) is 3.48. The fraction of sp³-hybridized carbons (Fsp3) is 0.667. The number of ether oxygens (including phenoxy) is 1. The SMILES string of the molecule is C=C1CC23CC4C5C6(C)CC(OC(=O)c7ccccc7)C(O)C57C(C2C(O)C1C(O)C37)N4C6O. The van der Waals surface area contributed by atoms with Gasteiger partial charge in [-0.05, 0) is 42.7 Å². The summed E-state index contributed by atoms with van der Waals surface area (Å²) in [5.41, 5.74) is -0.284. The number of benzene rings is 1. The summed E-state index contributed by atoms with van der Waals surface area (Å²) in [6.07, 6.45) is -2.08. The molecular formula is C27H31NO6. The van der Waals surface area contributed by atoms with Crippen LogP contribution in [0.2, 0.25) is 0 Å². The van der Waals surface area contributed by atoms with Gasteiger partial charge in [-0.15, -0.1) is 0 Å². The minimum atomic E-state index is -0.968. The van der Waals surface area contributed by atoms with Crippen LogP contribution in [0.15, 0.2) is 42.5 Å². The maximum absolute atomic E-state index is 13.0. The molecule has 9 fully saturated rings. The molecule has 9 bridgehead atoms. The molecule has 7 heteroatoms. The highest BCUT2D eigenvalue weighted by Gasteiger charge is 2.93. The fourth-order valence-corrected chi connectivity index (χ4v) is 11.4. The number of rotatable bonds is 2. The normalized spacial score (nSPS) is 61.3. The minimum Gasteiger partial charge on any atom is -0.456 e. The van der Waals surface area contributed by atoms with Crippen molar-refractivity contribution in [2.24, 2.45) is 39.9 Å². The molecule has 0 amide bonds. The molecule has 10 rings (SSSR count). The number of aliphatic hydroxyl groups excluding tert-OH is 4. The Morgan fingerprint density at radius 3 is 2.56 bits per heavy atom. The van der Waals surface area contributed by atoms with Crippen LogP contribution in [0.3, 0.4) is 0 Å². The molecule has 0 radical (unpaired) electrons. The number of piperidine rings is 2. The number of hydrogen-bond acceptors (Lipinski definition) is 7. The molecular weight excluding hydrogens is 434 g/mol. The van der Waals surface area contributed by atoms with Crippen molar-refractivity contribution in [1.29, 1.82) is 0 Å². The summed E-state index contributed by atoms with van der Waals surface area (Å²) in [5.74, 6) is -1.24. The summed E-state index contributed by atoms with van der Waals surface area (Å²) in [7, 11) is 0. The molecule has 4 N–H and O–H groups in total. The largest absolute Gasteiger partial charge is 0.456 e. The smallest absolute Gasteiger partial charge is 0.338 e. The highest BCUT2D eigenvalue weighted by molar-refractivity contribution is 5.89. The highest BCUT2D eigenvalue weighted by atomic mass is 16.6. The first-order valence-corrected chi connectivity index (χ1v) is 12.6. The van der Waals surface area contributed by atoms with E-state index < -0.39 is 53.4 Å². The molecule has 1 aromatic carbocycles. The van der Waals surface area contributed by atoms with Gasteiger partial charge >= 0.3 is 5.97 Å². The van der Waals surface area contributed by atoms with Gasteiger partial charge in [-0.25, -0.2) is 4.79 Å². The van der Waals surface area contributed by atoms with Gasteiger partial charge in [-0.1, -0.05) is 37.3 Å². The van der Waals surface area contributed by atoms with Crippen LogP contribution in [0.4, 0.5) is 0 Å². The van der Waals surface area contributed by atoms with Gasteiger partial charge in [0, 0.05) is 40.7 Å². The molecule has 9 aliphatic rings. The van der Waals surface area contributed by atoms with Crippen LogP contribution in [0, 0.1) is 39.9 Å². The van der Waals surface area contributed by atoms with E-state index in [4.69, 9.17) is 4.74 Å². The fourth-order valence-electron chi connectivity index (χ4n) is 11.4. The Bertz CT molecular complexity index is 1140. The van der Waals surface area contributed by atoms with Gasteiger partial charge in [0.05, 0.1) is 23.9 Å². The lowest BCUT2D eigenvalue weighted by Crippen LogP contribution is -2.71. The number of fused-ring (bicyclic) bond motifs is 1. The van der Waals surface area contributed by atoms with Crippen molar-refractivity contribution < 1.29 is 30.0 Å². The van der Waals surface area contributed by atoms with Crippen molar-refractivity contribution in [3.63, 3.8) is 0 Å². The predicted octanol–water partition coefficient (Wildman–Crippen LogP) is 0.918. The van der Waals surface area contributed by atoms with Gasteiger partial charge in [-0.2, -0.15) is 0 Å².